The van der Waals surface area contributed by atoms with Crippen LogP contribution in [0.5, 0.6) is 5.75 Å². The second kappa shape index (κ2) is 12.1. The monoisotopic (exact) mass is 529 g/mol. The van der Waals surface area contributed by atoms with E-state index in [1.165, 1.54) is 18.1 Å². The van der Waals surface area contributed by atoms with Gasteiger partial charge in [-0.2, -0.15) is 13.2 Å². The Balaban J connectivity index is 2.49. The summed E-state index contributed by atoms with van der Waals surface area (Å²) in [5.41, 5.74) is -0.744. The number of hydrogen-bond donors (Lipinski definition) is 1. The molecule has 0 aliphatic rings. The molecule has 2 amide bonds. The molecule has 12 heteroatoms. The molecule has 0 saturated carbocycles. The Morgan fingerprint density at radius 1 is 1.08 bits per heavy atom. The number of hydrogen-bond acceptors (Lipinski definition) is 5. The number of halogens is 3. The maximum Gasteiger partial charge on any atom is 0.416 e. The molecule has 0 aliphatic heterocycles. The van der Waals surface area contributed by atoms with Gasteiger partial charge >= 0.3 is 6.18 Å². The van der Waals surface area contributed by atoms with E-state index in [2.05, 4.69) is 5.32 Å². The molecule has 1 N–H and O–H groups in total. The van der Waals surface area contributed by atoms with Crippen molar-refractivity contribution in [2.24, 2.45) is 0 Å². The maximum absolute atomic E-state index is 13.5. The van der Waals surface area contributed by atoms with E-state index in [1.54, 1.807) is 38.1 Å². The van der Waals surface area contributed by atoms with Crippen LogP contribution in [0.4, 0.5) is 18.9 Å². The molecule has 0 bridgehead atoms. The Bertz CT molecular complexity index is 1170. The van der Waals surface area contributed by atoms with Crippen LogP contribution in [-0.2, 0) is 32.3 Å². The lowest BCUT2D eigenvalue weighted by Gasteiger charge is -2.33. The Morgan fingerprint density at radius 2 is 1.75 bits per heavy atom. The number of rotatable bonds is 11. The lowest BCUT2D eigenvalue weighted by atomic mass is 10.1. The summed E-state index contributed by atoms with van der Waals surface area (Å²) in [4.78, 5) is 27.5. The van der Waals surface area contributed by atoms with Crippen LogP contribution in [-0.4, -0.2) is 57.6 Å². The maximum atomic E-state index is 13.5. The van der Waals surface area contributed by atoms with Crippen LogP contribution in [0, 0.1) is 0 Å². The van der Waals surface area contributed by atoms with Crippen LogP contribution < -0.4 is 14.4 Å². The van der Waals surface area contributed by atoms with Crippen LogP contribution in [0.25, 0.3) is 0 Å². The van der Waals surface area contributed by atoms with Gasteiger partial charge in [0, 0.05) is 13.1 Å². The standard InChI is InChI=1S/C24H30F3N3O5S/c1-5-21(23(32)28-6-2)29(15-17-9-7-12-20(13-17)35-3)22(31)16-30(36(4,33)34)19-11-8-10-18(14-19)24(25,26)27/h7-14,21H,5-6,15-16H2,1-4H3,(H,28,32)/t21-/m0/s1. The van der Waals surface area contributed by atoms with E-state index >= 15 is 0 Å². The van der Waals surface area contributed by atoms with E-state index in [-0.39, 0.29) is 18.7 Å². The first kappa shape index (κ1) is 29.0. The van der Waals surface area contributed by atoms with Crippen molar-refractivity contribution in [3.05, 3.63) is 59.7 Å². The number of anilines is 1. The Labute approximate surface area is 209 Å². The first-order valence-electron chi connectivity index (χ1n) is 11.2. The van der Waals surface area contributed by atoms with Crippen molar-refractivity contribution in [2.75, 3.05) is 30.8 Å². The highest BCUT2D eigenvalue weighted by molar-refractivity contribution is 7.92. The van der Waals surface area contributed by atoms with Crippen molar-refractivity contribution in [3.63, 3.8) is 0 Å². The van der Waals surface area contributed by atoms with E-state index < -0.39 is 46.2 Å². The van der Waals surface area contributed by atoms with Crippen LogP contribution in [0.15, 0.2) is 48.5 Å². The van der Waals surface area contributed by atoms with Gasteiger partial charge in [0.25, 0.3) is 0 Å². The summed E-state index contributed by atoms with van der Waals surface area (Å²) < 4.78 is 70.6. The van der Waals surface area contributed by atoms with E-state index in [0.29, 0.717) is 28.2 Å². The highest BCUT2D eigenvalue weighted by Crippen LogP contribution is 2.32. The predicted octanol–water partition coefficient (Wildman–Crippen LogP) is 3.42. The van der Waals surface area contributed by atoms with E-state index in [9.17, 15) is 31.2 Å². The molecule has 198 valence electrons. The smallest absolute Gasteiger partial charge is 0.416 e. The molecule has 36 heavy (non-hydrogen) atoms. The van der Waals surface area contributed by atoms with Crippen molar-refractivity contribution in [2.45, 2.75) is 39.0 Å². The SMILES string of the molecule is CCNC(=O)[C@H](CC)N(Cc1cccc(OC)c1)C(=O)CN(c1cccc(C(F)(F)F)c1)S(C)(=O)=O. The summed E-state index contributed by atoms with van der Waals surface area (Å²) in [7, 11) is -2.68. The number of carbonyl (C=O) groups is 2. The van der Waals surface area contributed by atoms with E-state index in [1.807, 2.05) is 0 Å². The zero-order valence-electron chi connectivity index (χ0n) is 20.5. The lowest BCUT2D eigenvalue weighted by molar-refractivity contribution is -0.140. The highest BCUT2D eigenvalue weighted by atomic mass is 32.2. The molecule has 2 rings (SSSR count). The highest BCUT2D eigenvalue weighted by Gasteiger charge is 2.34. The first-order chi connectivity index (χ1) is 16.8. The van der Waals surface area contributed by atoms with Gasteiger partial charge in [-0.3, -0.25) is 13.9 Å². The normalized spacial score (nSPS) is 12.5. The third-order valence-electron chi connectivity index (χ3n) is 5.36. The van der Waals surface area contributed by atoms with Crippen LogP contribution in [0.1, 0.15) is 31.4 Å². The van der Waals surface area contributed by atoms with Gasteiger partial charge in [-0.25, -0.2) is 8.42 Å². The molecular formula is C24H30F3N3O5S. The fourth-order valence-corrected chi connectivity index (χ4v) is 4.47. The average molecular weight is 530 g/mol. The summed E-state index contributed by atoms with van der Waals surface area (Å²) >= 11 is 0. The summed E-state index contributed by atoms with van der Waals surface area (Å²) in [5, 5.41) is 2.67. The molecule has 8 nitrogen and oxygen atoms in total. The van der Waals surface area contributed by atoms with Gasteiger partial charge in [0.1, 0.15) is 18.3 Å². The predicted molar refractivity (Wildman–Crippen MR) is 130 cm³/mol. The molecule has 2 aromatic rings. The number of ether oxygens (including phenoxy) is 1. The van der Waals surface area contributed by atoms with E-state index in [0.717, 1.165) is 18.4 Å². The number of alkyl halides is 3. The third kappa shape index (κ3) is 7.61. The Morgan fingerprint density at radius 3 is 2.31 bits per heavy atom. The molecule has 0 aromatic heterocycles. The zero-order valence-corrected chi connectivity index (χ0v) is 21.3. The average Bonchev–Trinajstić information content (AvgIpc) is 2.81. The number of carbonyl (C=O) groups excluding carboxylic acids is 2. The largest absolute Gasteiger partial charge is 0.497 e. The van der Waals surface area contributed by atoms with Crippen molar-refractivity contribution < 1.29 is 35.9 Å². The van der Waals surface area contributed by atoms with Gasteiger partial charge in [-0.15, -0.1) is 0 Å². The number of benzene rings is 2. The van der Waals surface area contributed by atoms with Crippen LogP contribution in [0.2, 0.25) is 0 Å². The second-order valence-corrected chi connectivity index (χ2v) is 9.92. The van der Waals surface area contributed by atoms with Crippen LogP contribution in [0.3, 0.4) is 0 Å². The minimum absolute atomic E-state index is 0.0497. The molecule has 0 unspecified atom stereocenters. The van der Waals surface area contributed by atoms with E-state index in [4.69, 9.17) is 4.74 Å². The molecule has 0 radical (unpaired) electrons. The van der Waals surface area contributed by atoms with Gasteiger partial charge in [-0.05, 0) is 49.2 Å². The molecule has 0 aliphatic carbocycles. The molecule has 1 atom stereocenters. The Hall–Kier alpha value is -3.28. The number of methoxy groups -OCH3 is 1. The zero-order chi connectivity index (χ0) is 27.1. The number of nitrogens with one attached hydrogen (secondary N) is 1. The topological polar surface area (TPSA) is 96.0 Å². The summed E-state index contributed by atoms with van der Waals surface area (Å²) in [6, 6.07) is 9.58. The van der Waals surface area contributed by atoms with Gasteiger partial charge in [0.2, 0.25) is 21.8 Å². The Kier molecular flexibility index (Phi) is 9.74. The fourth-order valence-electron chi connectivity index (χ4n) is 3.63. The van der Waals surface area contributed by atoms with Crippen molar-refractivity contribution in [3.8, 4) is 5.75 Å². The molecule has 0 spiro atoms. The molecule has 2 aromatic carbocycles. The molecular weight excluding hydrogens is 499 g/mol. The molecule has 0 heterocycles. The van der Waals surface area contributed by atoms with Gasteiger partial charge < -0.3 is 15.0 Å². The minimum atomic E-state index is -4.70. The van der Waals surface area contributed by atoms with Gasteiger partial charge in [-0.1, -0.05) is 25.1 Å². The van der Waals surface area contributed by atoms with Crippen LogP contribution >= 0.6 is 0 Å². The number of likely N-dealkylation sites (N-methyl/N-ethyl adjacent to an activating group) is 1. The second-order valence-electron chi connectivity index (χ2n) is 8.01. The summed E-state index contributed by atoms with van der Waals surface area (Å²) in [6.07, 6.45) is -3.68. The number of nitrogens with zero attached hydrogens (tertiary/aromatic N) is 2. The number of sulfonamides is 1. The van der Waals surface area contributed by atoms with Crippen molar-refractivity contribution >= 4 is 27.5 Å². The fraction of sp³-hybridized carbons (Fsp3) is 0.417. The summed E-state index contributed by atoms with van der Waals surface area (Å²) in [6.45, 7) is 2.90. The quantitative estimate of drug-likeness (QED) is 0.481. The molecule has 0 fully saturated rings. The van der Waals surface area contributed by atoms with Gasteiger partial charge in [0.15, 0.2) is 0 Å². The number of amides is 2. The van der Waals surface area contributed by atoms with Crippen molar-refractivity contribution in [1.29, 1.82) is 0 Å². The van der Waals surface area contributed by atoms with Crippen molar-refractivity contribution in [1.82, 2.24) is 10.2 Å². The molecule has 0 saturated heterocycles. The third-order valence-corrected chi connectivity index (χ3v) is 6.51. The lowest BCUT2D eigenvalue weighted by Crippen LogP contribution is -2.52. The first-order valence-corrected chi connectivity index (χ1v) is 13.0. The van der Waals surface area contributed by atoms with Gasteiger partial charge in [0.05, 0.1) is 24.6 Å². The summed E-state index contributed by atoms with van der Waals surface area (Å²) in [5.74, 6) is -0.660. The minimum Gasteiger partial charge on any atom is -0.497 e.